The summed E-state index contributed by atoms with van der Waals surface area (Å²) in [6, 6.07) is 13.2. The lowest BCUT2D eigenvalue weighted by Crippen LogP contribution is -2.27. The minimum atomic E-state index is -0.602. The van der Waals surface area contributed by atoms with Gasteiger partial charge >= 0.3 is 6.09 Å². The van der Waals surface area contributed by atoms with E-state index in [9.17, 15) is 9.59 Å². The quantitative estimate of drug-likeness (QED) is 0.578. The summed E-state index contributed by atoms with van der Waals surface area (Å²) in [5, 5.41) is 13.3. The van der Waals surface area contributed by atoms with Crippen molar-refractivity contribution in [3.63, 3.8) is 0 Å². The summed E-state index contributed by atoms with van der Waals surface area (Å²) >= 11 is 0. The summed E-state index contributed by atoms with van der Waals surface area (Å²) in [4.78, 5) is 24.4. The van der Waals surface area contributed by atoms with Crippen molar-refractivity contribution >= 4 is 46.1 Å². The summed E-state index contributed by atoms with van der Waals surface area (Å²) in [5.41, 5.74) is 3.25. The number of fused-ring (bicyclic) bond motifs is 2. The molecule has 0 saturated carbocycles. The van der Waals surface area contributed by atoms with Gasteiger partial charge in [0.25, 0.3) is 5.91 Å². The fraction of sp³-hybridized carbons (Fsp3) is 0.190. The largest absolute Gasteiger partial charge is 0.444 e. The number of carbonyl (C=O) groups is 2. The second-order valence-electron chi connectivity index (χ2n) is 7.56. The normalized spacial score (nSPS) is 14.8. The minimum Gasteiger partial charge on any atom is -0.444 e. The minimum absolute atomic E-state index is 0.138. The highest BCUT2D eigenvalue weighted by molar-refractivity contribution is 6.35. The predicted octanol–water partition coefficient (Wildman–Crippen LogP) is 4.40. The molecule has 4 rings (SSSR count). The first-order valence-corrected chi connectivity index (χ1v) is 8.91. The monoisotopic (exact) mass is 376 g/mol. The van der Waals surface area contributed by atoms with Crippen molar-refractivity contribution in [3.05, 3.63) is 53.6 Å². The summed E-state index contributed by atoms with van der Waals surface area (Å²) < 4.78 is 5.28. The van der Waals surface area contributed by atoms with Crippen molar-refractivity contribution in [1.29, 1.82) is 0 Å². The van der Waals surface area contributed by atoms with Gasteiger partial charge in [-0.05, 0) is 50.6 Å². The third-order valence-electron chi connectivity index (χ3n) is 4.23. The van der Waals surface area contributed by atoms with E-state index in [0.717, 1.165) is 27.7 Å². The molecule has 2 amide bonds. The number of aromatic amines is 1. The maximum atomic E-state index is 12.3. The summed E-state index contributed by atoms with van der Waals surface area (Å²) in [6.45, 7) is 5.39. The zero-order valence-electron chi connectivity index (χ0n) is 15.8. The third-order valence-corrected chi connectivity index (χ3v) is 4.23. The van der Waals surface area contributed by atoms with Crippen LogP contribution in [0.4, 0.5) is 16.3 Å². The molecule has 2 aromatic carbocycles. The summed E-state index contributed by atoms with van der Waals surface area (Å²) in [6.07, 6.45) is 1.25. The van der Waals surface area contributed by atoms with Crippen molar-refractivity contribution < 1.29 is 14.3 Å². The lowest BCUT2D eigenvalue weighted by Gasteiger charge is -2.19. The number of hydrogen-bond acceptors (Lipinski definition) is 4. The van der Waals surface area contributed by atoms with E-state index in [-0.39, 0.29) is 5.91 Å². The Hall–Kier alpha value is -3.61. The second kappa shape index (κ2) is 6.53. The van der Waals surface area contributed by atoms with Gasteiger partial charge in [0.15, 0.2) is 5.82 Å². The first-order valence-electron chi connectivity index (χ1n) is 8.91. The van der Waals surface area contributed by atoms with Crippen molar-refractivity contribution in [3.8, 4) is 0 Å². The van der Waals surface area contributed by atoms with E-state index in [0.29, 0.717) is 11.4 Å². The Morgan fingerprint density at radius 2 is 1.96 bits per heavy atom. The van der Waals surface area contributed by atoms with Gasteiger partial charge in [0, 0.05) is 22.2 Å². The van der Waals surface area contributed by atoms with Gasteiger partial charge < -0.3 is 10.1 Å². The number of nitrogens with zero attached hydrogens (tertiary/aromatic N) is 1. The fourth-order valence-electron chi connectivity index (χ4n) is 3.07. The number of benzene rings is 2. The number of amides is 2. The molecule has 0 saturated heterocycles. The molecule has 1 aromatic heterocycles. The van der Waals surface area contributed by atoms with Crippen LogP contribution in [0.1, 0.15) is 31.9 Å². The molecule has 142 valence electrons. The number of carbonyl (C=O) groups excluding carboxylic acids is 2. The maximum absolute atomic E-state index is 12.3. The molecule has 28 heavy (non-hydrogen) atoms. The topological polar surface area (TPSA) is 96.1 Å². The molecular formula is C21H20N4O3. The van der Waals surface area contributed by atoms with E-state index in [4.69, 9.17) is 4.74 Å². The van der Waals surface area contributed by atoms with E-state index in [2.05, 4.69) is 20.8 Å². The van der Waals surface area contributed by atoms with Gasteiger partial charge in [0.05, 0.1) is 5.52 Å². The number of rotatable bonds is 2. The van der Waals surface area contributed by atoms with Crippen LogP contribution in [0.5, 0.6) is 0 Å². The Balaban J connectivity index is 1.67. The smallest absolute Gasteiger partial charge is 0.413 e. The van der Waals surface area contributed by atoms with E-state index in [1.54, 1.807) is 20.8 Å². The Bertz CT molecular complexity index is 1120. The Morgan fingerprint density at radius 3 is 2.75 bits per heavy atom. The molecule has 0 radical (unpaired) electrons. The first-order chi connectivity index (χ1) is 13.3. The molecule has 2 heterocycles. The van der Waals surface area contributed by atoms with Crippen molar-refractivity contribution in [2.75, 3.05) is 10.6 Å². The van der Waals surface area contributed by atoms with Crippen LogP contribution >= 0.6 is 0 Å². The zero-order chi connectivity index (χ0) is 19.9. The van der Waals surface area contributed by atoms with Crippen LogP contribution in [0, 0.1) is 0 Å². The Morgan fingerprint density at radius 1 is 1.18 bits per heavy atom. The number of anilines is 2. The summed E-state index contributed by atoms with van der Waals surface area (Å²) in [5.74, 6) is 0.237. The highest BCUT2D eigenvalue weighted by atomic mass is 16.6. The average Bonchev–Trinajstić information content (AvgIpc) is 3.15. The molecular weight excluding hydrogens is 356 g/mol. The van der Waals surface area contributed by atoms with Crippen molar-refractivity contribution in [2.24, 2.45) is 0 Å². The molecule has 0 spiro atoms. The SMILES string of the molecule is CC(C)(C)OC(=O)Nc1n[nH]c2ccc(C=C3C(=O)Nc4ccccc43)cc12. The van der Waals surface area contributed by atoms with E-state index < -0.39 is 11.7 Å². The number of para-hydroxylation sites is 1. The molecule has 1 aliphatic rings. The van der Waals surface area contributed by atoms with Gasteiger partial charge in [0.2, 0.25) is 0 Å². The predicted molar refractivity (Wildman–Crippen MR) is 109 cm³/mol. The van der Waals surface area contributed by atoms with Crippen molar-refractivity contribution in [2.45, 2.75) is 26.4 Å². The van der Waals surface area contributed by atoms with Gasteiger partial charge in [-0.15, -0.1) is 0 Å². The van der Waals surface area contributed by atoms with Crippen LogP contribution in [0.3, 0.4) is 0 Å². The van der Waals surface area contributed by atoms with Crippen molar-refractivity contribution in [1.82, 2.24) is 10.2 Å². The van der Waals surface area contributed by atoms with Crippen LogP contribution in [-0.2, 0) is 9.53 Å². The van der Waals surface area contributed by atoms with Gasteiger partial charge in [-0.25, -0.2) is 4.79 Å². The number of nitrogens with one attached hydrogen (secondary N) is 3. The van der Waals surface area contributed by atoms with Crippen LogP contribution in [-0.4, -0.2) is 27.8 Å². The molecule has 7 heteroatoms. The molecule has 0 atom stereocenters. The number of ether oxygens (including phenoxy) is 1. The number of aromatic nitrogens is 2. The highest BCUT2D eigenvalue weighted by Gasteiger charge is 2.23. The standard InChI is InChI=1S/C21H20N4O3/c1-21(2,3)28-20(27)23-18-15-11-12(8-9-17(15)24-25-18)10-14-13-6-4-5-7-16(13)22-19(14)26/h4-11H,1-3H3,(H,22,26)(H2,23,24,25,27). The third kappa shape index (κ3) is 3.46. The van der Waals surface area contributed by atoms with Gasteiger partial charge in [-0.3, -0.25) is 15.2 Å². The first kappa shape index (κ1) is 17.8. The Labute approximate surface area is 161 Å². The fourth-order valence-corrected chi connectivity index (χ4v) is 3.07. The van der Waals surface area contributed by atoms with Gasteiger partial charge in [-0.1, -0.05) is 24.3 Å². The van der Waals surface area contributed by atoms with Crippen LogP contribution in [0.2, 0.25) is 0 Å². The molecule has 0 unspecified atom stereocenters. The van der Waals surface area contributed by atoms with Crippen LogP contribution in [0.15, 0.2) is 42.5 Å². The zero-order valence-corrected chi connectivity index (χ0v) is 15.8. The Kier molecular flexibility index (Phi) is 4.15. The molecule has 3 N–H and O–H groups in total. The number of hydrogen-bond donors (Lipinski definition) is 3. The van der Waals surface area contributed by atoms with Crippen LogP contribution < -0.4 is 10.6 Å². The highest BCUT2D eigenvalue weighted by Crippen LogP contribution is 2.33. The molecule has 0 fully saturated rings. The van der Waals surface area contributed by atoms with Crippen LogP contribution in [0.25, 0.3) is 22.6 Å². The molecule has 3 aromatic rings. The van der Waals surface area contributed by atoms with Gasteiger partial charge in [0.1, 0.15) is 5.60 Å². The second-order valence-corrected chi connectivity index (χ2v) is 7.56. The number of H-pyrrole nitrogens is 1. The molecule has 0 aliphatic carbocycles. The lowest BCUT2D eigenvalue weighted by molar-refractivity contribution is -0.110. The lowest BCUT2D eigenvalue weighted by atomic mass is 10.0. The average molecular weight is 376 g/mol. The molecule has 0 bridgehead atoms. The molecule has 1 aliphatic heterocycles. The maximum Gasteiger partial charge on any atom is 0.413 e. The molecule has 7 nitrogen and oxygen atoms in total. The van der Waals surface area contributed by atoms with E-state index in [1.165, 1.54) is 0 Å². The van der Waals surface area contributed by atoms with E-state index >= 15 is 0 Å². The van der Waals surface area contributed by atoms with Gasteiger partial charge in [-0.2, -0.15) is 5.10 Å². The van der Waals surface area contributed by atoms with E-state index in [1.807, 2.05) is 48.5 Å². The summed E-state index contributed by atoms with van der Waals surface area (Å²) in [7, 11) is 0.